The minimum Gasteiger partial charge on any atom is -0.493 e. The second-order valence-corrected chi connectivity index (χ2v) is 5.56. The third kappa shape index (κ3) is 4.14. The quantitative estimate of drug-likeness (QED) is 0.355. The first-order valence-electron chi connectivity index (χ1n) is 7.81. The zero-order valence-corrected chi connectivity index (χ0v) is 14.3. The highest BCUT2D eigenvalue weighted by molar-refractivity contribution is 5.75. The fourth-order valence-corrected chi connectivity index (χ4v) is 2.54. The van der Waals surface area contributed by atoms with Crippen LogP contribution in [0, 0.1) is 0 Å². The fourth-order valence-electron chi connectivity index (χ4n) is 2.54. The normalized spacial score (nSPS) is 28.8. The minimum absolute atomic E-state index is 0.0857. The van der Waals surface area contributed by atoms with Crippen molar-refractivity contribution in [2.45, 2.75) is 30.7 Å². The summed E-state index contributed by atoms with van der Waals surface area (Å²) in [4.78, 5) is 10.5. The Morgan fingerprint density at radius 1 is 1.08 bits per heavy atom. The van der Waals surface area contributed by atoms with E-state index in [1.54, 1.807) is 12.1 Å². The SMILES string of the molecule is COc1cc(/C=C/C=O)cc(OC)c1OC1OC(CO)C(O)C(O)C1O. The van der Waals surface area contributed by atoms with Crippen LogP contribution in [-0.4, -0.2) is 78.2 Å². The van der Waals surface area contributed by atoms with Gasteiger partial charge < -0.3 is 39.4 Å². The van der Waals surface area contributed by atoms with Crippen LogP contribution in [0.3, 0.4) is 0 Å². The highest BCUT2D eigenvalue weighted by Crippen LogP contribution is 2.40. The summed E-state index contributed by atoms with van der Waals surface area (Å²) in [6.07, 6.45) is -3.67. The predicted octanol–water partition coefficient (Wildman–Crippen LogP) is -0.905. The Labute approximate surface area is 150 Å². The van der Waals surface area contributed by atoms with Gasteiger partial charge in [-0.1, -0.05) is 6.08 Å². The van der Waals surface area contributed by atoms with Crippen molar-refractivity contribution in [1.82, 2.24) is 0 Å². The van der Waals surface area contributed by atoms with E-state index >= 15 is 0 Å². The third-order valence-corrected chi connectivity index (χ3v) is 3.93. The van der Waals surface area contributed by atoms with Crippen LogP contribution in [0.2, 0.25) is 0 Å². The van der Waals surface area contributed by atoms with E-state index in [1.165, 1.54) is 26.4 Å². The van der Waals surface area contributed by atoms with Crippen LogP contribution in [0.25, 0.3) is 6.08 Å². The Kier molecular flexibility index (Phi) is 6.95. The number of carbonyl (C=O) groups excluding carboxylic acids is 1. The molecule has 0 spiro atoms. The van der Waals surface area contributed by atoms with Gasteiger partial charge in [0.15, 0.2) is 11.5 Å². The Morgan fingerprint density at radius 3 is 2.19 bits per heavy atom. The zero-order chi connectivity index (χ0) is 19.3. The van der Waals surface area contributed by atoms with Gasteiger partial charge in [-0.3, -0.25) is 4.79 Å². The van der Waals surface area contributed by atoms with Crippen LogP contribution < -0.4 is 14.2 Å². The number of benzene rings is 1. The monoisotopic (exact) mass is 370 g/mol. The van der Waals surface area contributed by atoms with Crippen LogP contribution in [0.5, 0.6) is 17.2 Å². The van der Waals surface area contributed by atoms with Gasteiger partial charge in [0.05, 0.1) is 20.8 Å². The molecule has 144 valence electrons. The number of hydrogen-bond acceptors (Lipinski definition) is 9. The largest absolute Gasteiger partial charge is 0.493 e. The third-order valence-electron chi connectivity index (χ3n) is 3.93. The molecule has 5 atom stereocenters. The number of methoxy groups -OCH3 is 2. The van der Waals surface area contributed by atoms with Crippen molar-refractivity contribution in [3.05, 3.63) is 23.8 Å². The van der Waals surface area contributed by atoms with Crippen molar-refractivity contribution in [3.8, 4) is 17.2 Å². The lowest BCUT2D eigenvalue weighted by Gasteiger charge is -2.39. The number of aliphatic hydroxyl groups is 4. The summed E-state index contributed by atoms with van der Waals surface area (Å²) >= 11 is 0. The summed E-state index contributed by atoms with van der Waals surface area (Å²) < 4.78 is 21.5. The van der Waals surface area contributed by atoms with Crippen molar-refractivity contribution >= 4 is 12.4 Å². The summed E-state index contributed by atoms with van der Waals surface area (Å²) in [6, 6.07) is 3.14. The second kappa shape index (κ2) is 8.97. The van der Waals surface area contributed by atoms with Gasteiger partial charge in [-0.05, 0) is 23.8 Å². The van der Waals surface area contributed by atoms with Crippen LogP contribution in [0.1, 0.15) is 5.56 Å². The molecule has 26 heavy (non-hydrogen) atoms. The molecule has 1 heterocycles. The van der Waals surface area contributed by atoms with E-state index in [4.69, 9.17) is 18.9 Å². The van der Waals surface area contributed by atoms with Crippen LogP contribution in [0.15, 0.2) is 18.2 Å². The van der Waals surface area contributed by atoms with E-state index in [0.29, 0.717) is 11.8 Å². The molecule has 4 N–H and O–H groups in total. The Morgan fingerprint density at radius 2 is 1.69 bits per heavy atom. The summed E-state index contributed by atoms with van der Waals surface area (Å²) in [5.41, 5.74) is 0.604. The molecule has 0 radical (unpaired) electrons. The maximum Gasteiger partial charge on any atom is 0.229 e. The minimum atomic E-state index is -1.57. The lowest BCUT2D eigenvalue weighted by Crippen LogP contribution is -2.60. The molecule has 2 rings (SSSR count). The molecule has 1 fully saturated rings. The lowest BCUT2D eigenvalue weighted by molar-refractivity contribution is -0.277. The van der Waals surface area contributed by atoms with E-state index in [2.05, 4.69) is 0 Å². The molecule has 0 aromatic heterocycles. The van der Waals surface area contributed by atoms with E-state index in [9.17, 15) is 25.2 Å². The summed E-state index contributed by atoms with van der Waals surface area (Å²) in [7, 11) is 2.78. The fraction of sp³-hybridized carbons (Fsp3) is 0.471. The molecule has 0 amide bonds. The number of rotatable bonds is 7. The summed E-state index contributed by atoms with van der Waals surface area (Å²) in [5, 5.41) is 39.0. The van der Waals surface area contributed by atoms with Gasteiger partial charge in [0.1, 0.15) is 30.7 Å². The first kappa shape index (κ1) is 20.1. The number of aliphatic hydroxyl groups excluding tert-OH is 4. The number of aldehydes is 1. The molecule has 1 aromatic rings. The van der Waals surface area contributed by atoms with Gasteiger partial charge in [0, 0.05) is 0 Å². The number of hydrogen-bond donors (Lipinski definition) is 4. The Balaban J connectivity index is 2.35. The van der Waals surface area contributed by atoms with E-state index < -0.39 is 37.3 Å². The van der Waals surface area contributed by atoms with E-state index in [1.807, 2.05) is 0 Å². The summed E-state index contributed by atoms with van der Waals surface area (Å²) in [6.45, 7) is -0.575. The number of carbonyl (C=O) groups is 1. The standard InChI is InChI=1S/C17H22O9/c1-23-10-6-9(4-3-5-18)7-11(24-2)16(10)26-17-15(22)14(21)13(20)12(8-19)25-17/h3-7,12-15,17,19-22H,8H2,1-2H3/b4-3+. The van der Waals surface area contributed by atoms with Crippen molar-refractivity contribution in [2.75, 3.05) is 20.8 Å². The highest BCUT2D eigenvalue weighted by Gasteiger charge is 2.45. The topological polar surface area (TPSA) is 135 Å². The molecule has 9 nitrogen and oxygen atoms in total. The second-order valence-electron chi connectivity index (χ2n) is 5.56. The van der Waals surface area contributed by atoms with Gasteiger partial charge in [0.25, 0.3) is 0 Å². The number of allylic oxidation sites excluding steroid dienone is 1. The van der Waals surface area contributed by atoms with E-state index in [0.717, 1.165) is 0 Å². The van der Waals surface area contributed by atoms with Crippen molar-refractivity contribution < 1.29 is 44.2 Å². The van der Waals surface area contributed by atoms with Crippen molar-refractivity contribution in [3.63, 3.8) is 0 Å². The molecule has 1 aromatic carbocycles. The average molecular weight is 370 g/mol. The maximum atomic E-state index is 10.5. The molecular formula is C17H22O9. The molecule has 0 bridgehead atoms. The van der Waals surface area contributed by atoms with Crippen molar-refractivity contribution in [1.29, 1.82) is 0 Å². The van der Waals surface area contributed by atoms with Crippen LogP contribution >= 0.6 is 0 Å². The smallest absolute Gasteiger partial charge is 0.229 e. The van der Waals surface area contributed by atoms with Crippen LogP contribution in [0.4, 0.5) is 0 Å². The number of ether oxygens (including phenoxy) is 4. The zero-order valence-electron chi connectivity index (χ0n) is 14.3. The molecule has 0 saturated carbocycles. The highest BCUT2D eigenvalue weighted by atomic mass is 16.7. The van der Waals surface area contributed by atoms with Gasteiger partial charge in [-0.2, -0.15) is 0 Å². The van der Waals surface area contributed by atoms with Gasteiger partial charge >= 0.3 is 0 Å². The Hall–Kier alpha value is -2.17. The molecule has 9 heteroatoms. The maximum absolute atomic E-state index is 10.5. The molecule has 1 saturated heterocycles. The summed E-state index contributed by atoms with van der Waals surface area (Å²) in [5.74, 6) is 0.543. The Bertz CT molecular complexity index is 618. The lowest BCUT2D eigenvalue weighted by atomic mass is 9.99. The molecule has 1 aliphatic rings. The van der Waals surface area contributed by atoms with Gasteiger partial charge in [0.2, 0.25) is 12.0 Å². The molecule has 1 aliphatic heterocycles. The van der Waals surface area contributed by atoms with Gasteiger partial charge in [-0.25, -0.2) is 0 Å². The van der Waals surface area contributed by atoms with E-state index in [-0.39, 0.29) is 17.2 Å². The predicted molar refractivity (Wildman–Crippen MR) is 89.0 cm³/mol. The van der Waals surface area contributed by atoms with Crippen molar-refractivity contribution in [2.24, 2.45) is 0 Å². The first-order valence-corrected chi connectivity index (χ1v) is 7.81. The average Bonchev–Trinajstić information content (AvgIpc) is 2.66. The molecule has 0 aliphatic carbocycles. The molecule has 5 unspecified atom stereocenters. The molecular weight excluding hydrogens is 348 g/mol. The van der Waals surface area contributed by atoms with Crippen LogP contribution in [-0.2, 0) is 9.53 Å². The first-order chi connectivity index (χ1) is 12.5. The van der Waals surface area contributed by atoms with Gasteiger partial charge in [-0.15, -0.1) is 0 Å².